The number of H-pyrrole nitrogens is 1. The molecule has 0 unspecified atom stereocenters. The number of aromatic amines is 1. The fourth-order valence-electron chi connectivity index (χ4n) is 7.87. The number of fused-ring (bicyclic) bond motifs is 3. The van der Waals surface area contributed by atoms with Crippen molar-refractivity contribution in [2.24, 2.45) is 7.05 Å². The van der Waals surface area contributed by atoms with E-state index in [1.165, 1.54) is 10.2 Å². The van der Waals surface area contributed by atoms with Gasteiger partial charge in [0.1, 0.15) is 17.6 Å². The SMILES string of the molecule is Cc1n[nH]c(C)c1-c1ccc(NC(=O)[C@@H](NC(=O)c2ccnn2C)[C@@H]2CCCc3ccc(-c4ccnc(N5C[C@H]6C[C@@H]5CO6)c4)cc32)cc1. The minimum atomic E-state index is -0.817. The average molecular weight is 657 g/mol. The van der Waals surface area contributed by atoms with Crippen molar-refractivity contribution in [3.05, 3.63) is 101 Å². The van der Waals surface area contributed by atoms with E-state index >= 15 is 0 Å². The first-order chi connectivity index (χ1) is 23.8. The molecule has 2 aromatic carbocycles. The Balaban J connectivity index is 1.10. The van der Waals surface area contributed by atoms with E-state index in [1.54, 1.807) is 19.3 Å². The lowest BCUT2D eigenvalue weighted by atomic mass is 9.77. The third-order valence-electron chi connectivity index (χ3n) is 10.4. The maximum Gasteiger partial charge on any atom is 0.270 e. The monoisotopic (exact) mass is 656 g/mol. The van der Waals surface area contributed by atoms with Crippen molar-refractivity contribution in [2.45, 2.75) is 63.6 Å². The molecule has 0 radical (unpaired) electrons. The molecule has 0 spiro atoms. The molecule has 2 fully saturated rings. The summed E-state index contributed by atoms with van der Waals surface area (Å²) in [6.45, 7) is 5.58. The number of amides is 2. The fraction of sp³-hybridized carbons (Fsp3) is 0.342. The Morgan fingerprint density at radius 3 is 2.53 bits per heavy atom. The number of anilines is 2. The Morgan fingerprint density at radius 1 is 1.00 bits per heavy atom. The van der Waals surface area contributed by atoms with E-state index in [1.807, 2.05) is 50.4 Å². The lowest BCUT2D eigenvalue weighted by Gasteiger charge is -2.33. The topological polar surface area (TPSA) is 130 Å². The third-order valence-corrected chi connectivity index (χ3v) is 10.4. The van der Waals surface area contributed by atoms with E-state index in [0.29, 0.717) is 17.4 Å². The van der Waals surface area contributed by atoms with Crippen LogP contribution in [0.2, 0.25) is 0 Å². The summed E-state index contributed by atoms with van der Waals surface area (Å²) in [5.41, 5.74) is 9.44. The van der Waals surface area contributed by atoms with E-state index in [-0.39, 0.29) is 23.8 Å². The number of carbonyl (C=O) groups is 2. The van der Waals surface area contributed by atoms with Crippen LogP contribution in [0.15, 0.2) is 73.1 Å². The van der Waals surface area contributed by atoms with Gasteiger partial charge in [-0.25, -0.2) is 4.98 Å². The molecule has 2 amide bonds. The normalized spacial score (nSPS) is 20.2. The second kappa shape index (κ2) is 12.6. The number of rotatable bonds is 8. The van der Waals surface area contributed by atoms with Gasteiger partial charge in [0.15, 0.2) is 0 Å². The summed E-state index contributed by atoms with van der Waals surface area (Å²) in [4.78, 5) is 34.9. The van der Waals surface area contributed by atoms with Gasteiger partial charge in [0.25, 0.3) is 5.91 Å². The van der Waals surface area contributed by atoms with E-state index in [0.717, 1.165) is 83.9 Å². The van der Waals surface area contributed by atoms with Gasteiger partial charge in [-0.3, -0.25) is 19.4 Å². The van der Waals surface area contributed by atoms with Crippen molar-refractivity contribution in [3.63, 3.8) is 0 Å². The molecule has 8 rings (SSSR count). The minimum Gasteiger partial charge on any atom is -0.374 e. The van der Waals surface area contributed by atoms with Crippen LogP contribution in [-0.4, -0.2) is 68.1 Å². The second-order valence-electron chi connectivity index (χ2n) is 13.5. The largest absolute Gasteiger partial charge is 0.374 e. The highest BCUT2D eigenvalue weighted by Crippen LogP contribution is 2.39. The molecule has 3 aromatic heterocycles. The van der Waals surface area contributed by atoms with Gasteiger partial charge < -0.3 is 20.3 Å². The highest BCUT2D eigenvalue weighted by atomic mass is 16.5. The maximum absolute atomic E-state index is 14.3. The molecule has 1 aliphatic carbocycles. The molecule has 2 aliphatic heterocycles. The number of ether oxygens (including phenoxy) is 1. The summed E-state index contributed by atoms with van der Waals surface area (Å²) in [6, 6.07) is 19.7. The zero-order valence-electron chi connectivity index (χ0n) is 27.9. The molecule has 5 aromatic rings. The molecular formula is C38H40N8O3. The van der Waals surface area contributed by atoms with E-state index in [9.17, 15) is 9.59 Å². The third kappa shape index (κ3) is 5.88. The molecule has 11 nitrogen and oxygen atoms in total. The van der Waals surface area contributed by atoms with Gasteiger partial charge in [-0.05, 0) is 97.7 Å². The van der Waals surface area contributed by atoms with Crippen LogP contribution >= 0.6 is 0 Å². The van der Waals surface area contributed by atoms with Gasteiger partial charge in [-0.1, -0.05) is 30.3 Å². The van der Waals surface area contributed by atoms with Gasteiger partial charge in [0.05, 0.1) is 24.4 Å². The van der Waals surface area contributed by atoms with Crippen molar-refractivity contribution >= 4 is 23.3 Å². The highest BCUT2D eigenvalue weighted by molar-refractivity contribution is 6.01. The molecule has 2 saturated heterocycles. The first-order valence-electron chi connectivity index (χ1n) is 17.0. The van der Waals surface area contributed by atoms with Crippen molar-refractivity contribution in [3.8, 4) is 22.3 Å². The number of morpholine rings is 1. The number of nitrogens with zero attached hydrogens (tertiary/aromatic N) is 5. The van der Waals surface area contributed by atoms with Gasteiger partial charge in [0.2, 0.25) is 5.91 Å². The Labute approximate surface area is 285 Å². The minimum absolute atomic E-state index is 0.232. The quantitative estimate of drug-likeness (QED) is 0.206. The summed E-state index contributed by atoms with van der Waals surface area (Å²) in [5.74, 6) is 0.128. The Hall–Kier alpha value is -5.29. The van der Waals surface area contributed by atoms with Gasteiger partial charge in [-0.15, -0.1) is 0 Å². The van der Waals surface area contributed by atoms with Crippen molar-refractivity contribution in [2.75, 3.05) is 23.4 Å². The number of nitrogens with one attached hydrogen (secondary N) is 3. The smallest absolute Gasteiger partial charge is 0.270 e. The lowest BCUT2D eigenvalue weighted by molar-refractivity contribution is -0.118. The second-order valence-corrected chi connectivity index (χ2v) is 13.5. The van der Waals surface area contributed by atoms with E-state index < -0.39 is 6.04 Å². The number of benzene rings is 2. The Morgan fingerprint density at radius 2 is 1.82 bits per heavy atom. The zero-order valence-corrected chi connectivity index (χ0v) is 27.9. The van der Waals surface area contributed by atoms with Crippen LogP contribution in [0.3, 0.4) is 0 Å². The van der Waals surface area contributed by atoms with E-state index in [4.69, 9.17) is 9.72 Å². The number of hydrogen-bond acceptors (Lipinski definition) is 7. The molecule has 49 heavy (non-hydrogen) atoms. The van der Waals surface area contributed by atoms with E-state index in [2.05, 4.69) is 55.1 Å². The molecule has 11 heteroatoms. The van der Waals surface area contributed by atoms with Gasteiger partial charge >= 0.3 is 0 Å². The summed E-state index contributed by atoms with van der Waals surface area (Å²) < 4.78 is 7.34. The average Bonchev–Trinajstić information content (AvgIpc) is 3.93. The first kappa shape index (κ1) is 31.0. The Kier molecular flexibility index (Phi) is 7.99. The Bertz CT molecular complexity index is 2010. The summed E-state index contributed by atoms with van der Waals surface area (Å²) >= 11 is 0. The van der Waals surface area contributed by atoms with Gasteiger partial charge in [-0.2, -0.15) is 10.2 Å². The van der Waals surface area contributed by atoms with Crippen molar-refractivity contribution in [1.29, 1.82) is 0 Å². The lowest BCUT2D eigenvalue weighted by Crippen LogP contribution is -2.48. The van der Waals surface area contributed by atoms with Gasteiger partial charge in [0, 0.05) is 48.8 Å². The van der Waals surface area contributed by atoms with Crippen LogP contribution in [0, 0.1) is 13.8 Å². The highest BCUT2D eigenvalue weighted by Gasteiger charge is 2.40. The predicted octanol–water partition coefficient (Wildman–Crippen LogP) is 5.32. The predicted molar refractivity (Wildman–Crippen MR) is 187 cm³/mol. The summed E-state index contributed by atoms with van der Waals surface area (Å²) in [6.07, 6.45) is 7.39. The van der Waals surface area contributed by atoms with Crippen molar-refractivity contribution in [1.82, 2.24) is 30.3 Å². The summed E-state index contributed by atoms with van der Waals surface area (Å²) in [7, 11) is 1.72. The van der Waals surface area contributed by atoms with Crippen LogP contribution in [0.1, 0.15) is 58.2 Å². The molecule has 5 heterocycles. The zero-order chi connectivity index (χ0) is 33.6. The standard InChI is InChI=1S/C38H40N8O3/c1-22-35(23(2)44-43-22)25-9-11-28(12-10-25)41-38(48)36(42-37(47)33-14-16-40-45(33)3)31-6-4-5-24-7-8-26(17-32(24)31)27-13-15-39-34(18-27)46-20-30-19-29(46)21-49-30/h7-18,29-31,36H,4-6,19-21H2,1-3H3,(H,41,48)(H,42,47)(H,43,44)/t29-,30-,31-,36+/m1/s1. The molecule has 3 aliphatic rings. The molecule has 250 valence electrons. The number of carbonyl (C=O) groups excluding carboxylic acids is 2. The maximum atomic E-state index is 14.3. The fourth-order valence-corrected chi connectivity index (χ4v) is 7.87. The molecule has 2 bridgehead atoms. The van der Waals surface area contributed by atoms with Crippen LogP contribution < -0.4 is 15.5 Å². The summed E-state index contributed by atoms with van der Waals surface area (Å²) in [5, 5.41) is 17.7. The van der Waals surface area contributed by atoms with Crippen LogP contribution in [0.5, 0.6) is 0 Å². The first-order valence-corrected chi connectivity index (χ1v) is 17.0. The number of aromatic nitrogens is 5. The molecule has 3 N–H and O–H groups in total. The van der Waals surface area contributed by atoms with Crippen molar-refractivity contribution < 1.29 is 14.3 Å². The molecule has 4 atom stereocenters. The molecule has 0 saturated carbocycles. The number of aryl methyl sites for hydroxylation is 4. The van der Waals surface area contributed by atoms with Crippen LogP contribution in [0.4, 0.5) is 11.5 Å². The molecular weight excluding hydrogens is 616 g/mol. The van der Waals surface area contributed by atoms with Crippen LogP contribution in [0.25, 0.3) is 22.3 Å². The number of hydrogen-bond donors (Lipinski definition) is 3. The number of pyridine rings is 1. The van der Waals surface area contributed by atoms with Crippen LogP contribution in [-0.2, 0) is 23.0 Å².